The largest absolute Gasteiger partial charge is 0.367 e. The van der Waals surface area contributed by atoms with E-state index in [1.54, 1.807) is 6.07 Å². The first-order valence-corrected chi connectivity index (χ1v) is 6.54. The second kappa shape index (κ2) is 6.36. The SMILES string of the molecule is C[C@H](CNc1nc(Cl)c(C#N)cc1F)c1ccccc1. The Balaban J connectivity index is 2.08. The van der Waals surface area contributed by atoms with Crippen molar-refractivity contribution in [1.29, 1.82) is 5.26 Å². The molecule has 0 saturated heterocycles. The maximum atomic E-state index is 13.7. The van der Waals surface area contributed by atoms with E-state index in [1.165, 1.54) is 0 Å². The number of hydrogen-bond acceptors (Lipinski definition) is 3. The van der Waals surface area contributed by atoms with Gasteiger partial charge in [-0.2, -0.15) is 5.26 Å². The van der Waals surface area contributed by atoms with Gasteiger partial charge in [0.2, 0.25) is 0 Å². The molecular weight excluding hydrogens is 277 g/mol. The first kappa shape index (κ1) is 14.3. The maximum Gasteiger partial charge on any atom is 0.166 e. The van der Waals surface area contributed by atoms with Crippen LogP contribution in [0.1, 0.15) is 24.0 Å². The van der Waals surface area contributed by atoms with E-state index in [9.17, 15) is 4.39 Å². The van der Waals surface area contributed by atoms with Crippen LogP contribution in [0.5, 0.6) is 0 Å². The quantitative estimate of drug-likeness (QED) is 0.867. The smallest absolute Gasteiger partial charge is 0.166 e. The summed E-state index contributed by atoms with van der Waals surface area (Å²) < 4.78 is 13.7. The molecule has 1 aromatic heterocycles. The molecule has 1 heterocycles. The number of aromatic nitrogens is 1. The van der Waals surface area contributed by atoms with Gasteiger partial charge in [0.1, 0.15) is 11.2 Å². The summed E-state index contributed by atoms with van der Waals surface area (Å²) in [6.07, 6.45) is 0. The molecule has 1 N–H and O–H groups in total. The first-order chi connectivity index (χ1) is 9.61. The predicted octanol–water partition coefficient (Wildman–Crippen LogP) is 3.96. The summed E-state index contributed by atoms with van der Waals surface area (Å²) in [6, 6.07) is 12.8. The summed E-state index contributed by atoms with van der Waals surface area (Å²) in [7, 11) is 0. The van der Waals surface area contributed by atoms with Crippen molar-refractivity contribution >= 4 is 17.4 Å². The molecule has 0 saturated carbocycles. The van der Waals surface area contributed by atoms with Gasteiger partial charge in [0.15, 0.2) is 11.6 Å². The third-order valence-electron chi connectivity index (χ3n) is 2.99. The number of hydrogen-bond donors (Lipinski definition) is 1. The lowest BCUT2D eigenvalue weighted by Crippen LogP contribution is -2.12. The predicted molar refractivity (Wildman–Crippen MR) is 77.3 cm³/mol. The number of nitriles is 1. The maximum absolute atomic E-state index is 13.7. The van der Waals surface area contributed by atoms with Gasteiger partial charge in [-0.25, -0.2) is 9.37 Å². The molecule has 5 heteroatoms. The molecule has 0 aliphatic carbocycles. The van der Waals surface area contributed by atoms with Gasteiger partial charge in [-0.1, -0.05) is 48.9 Å². The van der Waals surface area contributed by atoms with Gasteiger partial charge in [0.05, 0.1) is 5.56 Å². The van der Waals surface area contributed by atoms with Crippen LogP contribution in [0, 0.1) is 17.1 Å². The van der Waals surface area contributed by atoms with Gasteiger partial charge in [-0.3, -0.25) is 0 Å². The Morgan fingerprint density at radius 2 is 2.10 bits per heavy atom. The standard InChI is InChI=1S/C15H13ClFN3/c1-10(11-5-3-2-4-6-11)9-19-15-13(17)7-12(8-18)14(16)20-15/h2-7,10H,9H2,1H3,(H,19,20)/t10-/m1/s1. The summed E-state index contributed by atoms with van der Waals surface area (Å²) in [5.74, 6) is -0.310. The molecule has 102 valence electrons. The van der Waals surface area contributed by atoms with Gasteiger partial charge in [0, 0.05) is 6.54 Å². The van der Waals surface area contributed by atoms with Crippen molar-refractivity contribution in [3.05, 3.63) is 58.5 Å². The second-order valence-corrected chi connectivity index (χ2v) is 4.82. The van der Waals surface area contributed by atoms with E-state index in [1.807, 2.05) is 37.3 Å². The van der Waals surface area contributed by atoms with Gasteiger partial charge in [-0.05, 0) is 17.5 Å². The lowest BCUT2D eigenvalue weighted by molar-refractivity contribution is 0.622. The minimum absolute atomic E-state index is 0.00349. The Morgan fingerprint density at radius 3 is 2.75 bits per heavy atom. The van der Waals surface area contributed by atoms with Crippen molar-refractivity contribution in [3.8, 4) is 6.07 Å². The highest BCUT2D eigenvalue weighted by molar-refractivity contribution is 6.30. The van der Waals surface area contributed by atoms with Crippen molar-refractivity contribution in [3.63, 3.8) is 0 Å². The Morgan fingerprint density at radius 1 is 1.40 bits per heavy atom. The van der Waals surface area contributed by atoms with Crippen molar-refractivity contribution in [1.82, 2.24) is 4.98 Å². The van der Waals surface area contributed by atoms with E-state index < -0.39 is 5.82 Å². The summed E-state index contributed by atoms with van der Waals surface area (Å²) in [6.45, 7) is 2.56. The fourth-order valence-corrected chi connectivity index (χ4v) is 2.00. The number of benzene rings is 1. The van der Waals surface area contributed by atoms with Gasteiger partial charge < -0.3 is 5.32 Å². The molecule has 0 bridgehead atoms. The molecule has 1 aromatic carbocycles. The zero-order valence-corrected chi connectivity index (χ0v) is 11.7. The van der Waals surface area contributed by atoms with E-state index in [4.69, 9.17) is 16.9 Å². The second-order valence-electron chi connectivity index (χ2n) is 4.46. The highest BCUT2D eigenvalue weighted by atomic mass is 35.5. The lowest BCUT2D eigenvalue weighted by atomic mass is 10.0. The van der Waals surface area contributed by atoms with E-state index in [0.717, 1.165) is 11.6 Å². The van der Waals surface area contributed by atoms with E-state index in [2.05, 4.69) is 10.3 Å². The molecule has 0 radical (unpaired) electrons. The number of rotatable bonds is 4. The molecule has 0 amide bonds. The zero-order chi connectivity index (χ0) is 14.5. The number of nitrogens with one attached hydrogen (secondary N) is 1. The molecule has 2 aromatic rings. The Kier molecular flexibility index (Phi) is 4.54. The Bertz CT molecular complexity index is 638. The van der Waals surface area contributed by atoms with Crippen LogP contribution in [0.2, 0.25) is 5.15 Å². The van der Waals surface area contributed by atoms with Crippen LogP contribution in [0.4, 0.5) is 10.2 Å². The first-order valence-electron chi connectivity index (χ1n) is 6.16. The third-order valence-corrected chi connectivity index (χ3v) is 3.28. The molecular formula is C15H13ClFN3. The van der Waals surface area contributed by atoms with Crippen LogP contribution in [-0.2, 0) is 0 Å². The van der Waals surface area contributed by atoms with E-state index >= 15 is 0 Å². The molecule has 20 heavy (non-hydrogen) atoms. The van der Waals surface area contributed by atoms with Gasteiger partial charge in [0.25, 0.3) is 0 Å². The summed E-state index contributed by atoms with van der Waals surface area (Å²) in [5.41, 5.74) is 1.19. The molecule has 0 spiro atoms. The number of pyridine rings is 1. The molecule has 2 rings (SSSR count). The van der Waals surface area contributed by atoms with Gasteiger partial charge in [-0.15, -0.1) is 0 Å². The van der Waals surface area contributed by atoms with Crippen LogP contribution in [0.15, 0.2) is 36.4 Å². The summed E-state index contributed by atoms with van der Waals surface area (Å²) in [4.78, 5) is 3.87. The Hall–Kier alpha value is -2.12. The van der Waals surface area contributed by atoms with E-state index in [0.29, 0.717) is 6.54 Å². The number of nitrogens with zero attached hydrogens (tertiary/aromatic N) is 2. The fourth-order valence-electron chi connectivity index (χ4n) is 1.82. The molecule has 0 fully saturated rings. The average molecular weight is 290 g/mol. The molecule has 0 aliphatic heterocycles. The highest BCUT2D eigenvalue weighted by Gasteiger charge is 2.11. The zero-order valence-electron chi connectivity index (χ0n) is 10.9. The van der Waals surface area contributed by atoms with Crippen LogP contribution in [0.25, 0.3) is 0 Å². The molecule has 1 atom stereocenters. The monoisotopic (exact) mass is 289 g/mol. The lowest BCUT2D eigenvalue weighted by Gasteiger charge is -2.14. The van der Waals surface area contributed by atoms with Crippen LogP contribution in [-0.4, -0.2) is 11.5 Å². The summed E-state index contributed by atoms with van der Waals surface area (Å²) >= 11 is 5.79. The van der Waals surface area contributed by atoms with Crippen LogP contribution in [0.3, 0.4) is 0 Å². The van der Waals surface area contributed by atoms with Gasteiger partial charge >= 0.3 is 0 Å². The molecule has 0 unspecified atom stereocenters. The topological polar surface area (TPSA) is 48.7 Å². The fraction of sp³-hybridized carbons (Fsp3) is 0.200. The highest BCUT2D eigenvalue weighted by Crippen LogP contribution is 2.21. The summed E-state index contributed by atoms with van der Waals surface area (Å²) in [5, 5.41) is 11.7. The van der Waals surface area contributed by atoms with Crippen molar-refractivity contribution in [2.45, 2.75) is 12.8 Å². The average Bonchev–Trinajstić information content (AvgIpc) is 2.48. The minimum atomic E-state index is -0.578. The van der Waals surface area contributed by atoms with E-state index in [-0.39, 0.29) is 22.5 Å². The normalized spacial score (nSPS) is 11.7. The third kappa shape index (κ3) is 3.25. The van der Waals surface area contributed by atoms with Crippen LogP contribution >= 0.6 is 11.6 Å². The minimum Gasteiger partial charge on any atom is -0.367 e. The number of anilines is 1. The van der Waals surface area contributed by atoms with Crippen LogP contribution < -0.4 is 5.32 Å². The van der Waals surface area contributed by atoms with Crippen molar-refractivity contribution in [2.75, 3.05) is 11.9 Å². The molecule has 0 aliphatic rings. The Labute approximate surface area is 122 Å². The molecule has 3 nitrogen and oxygen atoms in total. The van der Waals surface area contributed by atoms with Crippen molar-refractivity contribution < 1.29 is 4.39 Å². The number of halogens is 2. The van der Waals surface area contributed by atoms with Crippen molar-refractivity contribution in [2.24, 2.45) is 0 Å².